The Morgan fingerprint density at radius 3 is 2.46 bits per heavy atom. The van der Waals surface area contributed by atoms with E-state index in [0.717, 1.165) is 0 Å². The molecule has 9 heteroatoms. The van der Waals surface area contributed by atoms with E-state index in [4.69, 9.17) is 16.5 Å². The number of benzene rings is 2. The molecule has 1 aliphatic carbocycles. The van der Waals surface area contributed by atoms with Crippen LogP contribution in [-0.2, 0) is 19.3 Å². The molecule has 0 bridgehead atoms. The second-order valence-corrected chi connectivity index (χ2v) is 7.37. The summed E-state index contributed by atoms with van der Waals surface area (Å²) in [5.41, 5.74) is -0.966. The van der Waals surface area contributed by atoms with Crippen LogP contribution in [0, 0.1) is 0 Å². The molecule has 0 aliphatic heterocycles. The van der Waals surface area contributed by atoms with Crippen LogP contribution in [0.4, 0.5) is 14.5 Å². The Balaban J connectivity index is 2.07. The fourth-order valence-electron chi connectivity index (χ4n) is 3.39. The first-order chi connectivity index (χ1) is 13.2. The normalized spacial score (nSPS) is 22.4. The number of carbonyl (C=O) groups excluding carboxylic acids is 1. The molecule has 3 atom stereocenters. The number of allylic oxidation sites excluding steroid dienone is 1. The van der Waals surface area contributed by atoms with Crippen molar-refractivity contribution in [2.45, 2.75) is 24.0 Å². The number of rotatable bonds is 7. The summed E-state index contributed by atoms with van der Waals surface area (Å²) in [6.07, 6.45) is -2.44. The Morgan fingerprint density at radius 2 is 1.82 bits per heavy atom. The molecule has 0 radical (unpaired) electrons. The van der Waals surface area contributed by atoms with Gasteiger partial charge in [-0.3, -0.25) is 4.79 Å². The predicted octanol–water partition coefficient (Wildman–Crippen LogP) is 4.85. The summed E-state index contributed by atoms with van der Waals surface area (Å²) in [5.74, 6) is -0.570. The Bertz CT molecular complexity index is 925. The Hall–Kier alpha value is -2.18. The molecule has 3 rings (SSSR count). The molecule has 28 heavy (non-hydrogen) atoms. The summed E-state index contributed by atoms with van der Waals surface area (Å²) in [7, 11) is -3.55. The van der Waals surface area contributed by atoms with Crippen molar-refractivity contribution in [3.63, 3.8) is 0 Å². The topological polar surface area (TPSA) is 75.6 Å². The van der Waals surface area contributed by atoms with Crippen molar-refractivity contribution in [1.29, 1.82) is 0 Å². The highest BCUT2D eigenvalue weighted by Gasteiger charge is 2.57. The highest BCUT2D eigenvalue weighted by Crippen LogP contribution is 2.46. The summed E-state index contributed by atoms with van der Waals surface area (Å²) in [6, 6.07) is 13.9. The quantitative estimate of drug-likeness (QED) is 0.619. The standard InChI is InChI=1S/C19H15ClF2NO4P/c20-14-8-4-5-9-15(14)23-16-10-11-17(24)18(16,13-6-2-1-3-7-13)12-19(21,22)27-28(25)26/h1-11,16,23H,12H2/p+1/t16-,18-/m1/s1. The van der Waals surface area contributed by atoms with Crippen molar-refractivity contribution in [2.75, 3.05) is 5.32 Å². The molecular weight excluding hydrogens is 411 g/mol. The van der Waals surface area contributed by atoms with Crippen molar-refractivity contribution < 1.29 is 27.6 Å². The minimum Gasteiger partial charge on any atom is -0.376 e. The van der Waals surface area contributed by atoms with Crippen LogP contribution >= 0.6 is 19.9 Å². The number of hydrogen-bond acceptors (Lipinski definition) is 4. The van der Waals surface area contributed by atoms with Gasteiger partial charge in [-0.15, -0.1) is 4.89 Å². The number of hydrogen-bond donors (Lipinski definition) is 2. The maximum atomic E-state index is 14.4. The van der Waals surface area contributed by atoms with E-state index in [0.29, 0.717) is 16.3 Å². The molecule has 2 aromatic carbocycles. The zero-order valence-corrected chi connectivity index (χ0v) is 16.0. The molecule has 0 fully saturated rings. The molecule has 0 spiro atoms. The first kappa shape index (κ1) is 20.6. The summed E-state index contributed by atoms with van der Waals surface area (Å²) in [6.45, 7) is 0. The van der Waals surface area contributed by atoms with Gasteiger partial charge in [-0.05, 0) is 28.3 Å². The molecule has 0 saturated heterocycles. The van der Waals surface area contributed by atoms with Gasteiger partial charge in [-0.25, -0.2) is 0 Å². The monoisotopic (exact) mass is 426 g/mol. The highest BCUT2D eigenvalue weighted by atomic mass is 35.5. The molecule has 2 N–H and O–H groups in total. The Morgan fingerprint density at radius 1 is 1.18 bits per heavy atom. The first-order valence-corrected chi connectivity index (χ1v) is 9.78. The first-order valence-electron chi connectivity index (χ1n) is 8.27. The summed E-state index contributed by atoms with van der Waals surface area (Å²) >= 11 is 6.16. The van der Waals surface area contributed by atoms with Gasteiger partial charge in [0.2, 0.25) is 0 Å². The van der Waals surface area contributed by atoms with Crippen LogP contribution in [0.3, 0.4) is 0 Å². The van der Waals surface area contributed by atoms with E-state index in [-0.39, 0.29) is 0 Å². The zero-order chi connectivity index (χ0) is 20.4. The molecule has 1 aliphatic rings. The van der Waals surface area contributed by atoms with Gasteiger partial charge in [0.25, 0.3) is 0 Å². The van der Waals surface area contributed by atoms with Gasteiger partial charge in [0.15, 0.2) is 5.78 Å². The maximum Gasteiger partial charge on any atom is 0.701 e. The lowest BCUT2D eigenvalue weighted by atomic mass is 9.71. The van der Waals surface area contributed by atoms with Crippen LogP contribution < -0.4 is 5.32 Å². The molecule has 2 aromatic rings. The number of ketones is 1. The van der Waals surface area contributed by atoms with Gasteiger partial charge in [0.05, 0.1) is 28.6 Å². The maximum absolute atomic E-state index is 14.4. The largest absolute Gasteiger partial charge is 0.701 e. The smallest absolute Gasteiger partial charge is 0.376 e. The fourth-order valence-corrected chi connectivity index (χ4v) is 3.88. The number of anilines is 1. The van der Waals surface area contributed by atoms with Crippen molar-refractivity contribution in [1.82, 2.24) is 0 Å². The molecule has 0 saturated carbocycles. The summed E-state index contributed by atoms with van der Waals surface area (Å²) in [5, 5.41) is 3.40. The summed E-state index contributed by atoms with van der Waals surface area (Å²) < 4.78 is 43.6. The third-order valence-electron chi connectivity index (χ3n) is 4.58. The Kier molecular flexibility index (Phi) is 5.91. The Labute approximate surface area is 165 Å². The lowest BCUT2D eigenvalue weighted by Gasteiger charge is -2.36. The fraction of sp³-hybridized carbons (Fsp3) is 0.211. The van der Waals surface area contributed by atoms with Gasteiger partial charge in [0.1, 0.15) is 0 Å². The molecule has 0 amide bonds. The highest BCUT2D eigenvalue weighted by molar-refractivity contribution is 7.32. The number of para-hydroxylation sites is 1. The average Bonchev–Trinajstić information content (AvgIpc) is 2.93. The van der Waals surface area contributed by atoms with Crippen LogP contribution in [-0.4, -0.2) is 22.8 Å². The van der Waals surface area contributed by atoms with Gasteiger partial charge in [-0.2, -0.15) is 8.78 Å². The number of alkyl halides is 2. The van der Waals surface area contributed by atoms with E-state index in [1.54, 1.807) is 54.6 Å². The van der Waals surface area contributed by atoms with E-state index < -0.39 is 38.0 Å². The minimum absolute atomic E-state index is 0.325. The van der Waals surface area contributed by atoms with E-state index in [2.05, 4.69) is 9.84 Å². The molecule has 146 valence electrons. The summed E-state index contributed by atoms with van der Waals surface area (Å²) in [4.78, 5) is 21.7. The van der Waals surface area contributed by atoms with Gasteiger partial charge in [0, 0.05) is 4.57 Å². The van der Waals surface area contributed by atoms with Crippen molar-refractivity contribution in [2.24, 2.45) is 0 Å². The molecular formula is C19H16ClF2NO4P+. The molecule has 5 nitrogen and oxygen atoms in total. The number of nitrogens with one attached hydrogen (secondary N) is 1. The SMILES string of the molecule is O=C1C=C[C@@H](Nc2ccccc2Cl)[C@@]1(CC(F)(F)O[P+](=O)O)c1ccccc1. The van der Waals surface area contributed by atoms with Crippen LogP contribution in [0.25, 0.3) is 0 Å². The zero-order valence-electron chi connectivity index (χ0n) is 14.4. The van der Waals surface area contributed by atoms with Gasteiger partial charge < -0.3 is 5.32 Å². The van der Waals surface area contributed by atoms with Gasteiger partial charge >= 0.3 is 14.4 Å². The molecule has 1 unspecified atom stereocenters. The third-order valence-corrected chi connectivity index (χ3v) is 5.33. The van der Waals surface area contributed by atoms with Gasteiger partial charge in [-0.1, -0.05) is 60.1 Å². The number of halogens is 3. The van der Waals surface area contributed by atoms with Crippen LogP contribution in [0.2, 0.25) is 5.02 Å². The average molecular weight is 427 g/mol. The molecule has 0 aromatic heterocycles. The minimum atomic E-state index is -4.01. The van der Waals surface area contributed by atoms with Crippen molar-refractivity contribution >= 4 is 31.3 Å². The van der Waals surface area contributed by atoms with Crippen molar-refractivity contribution in [3.8, 4) is 0 Å². The van der Waals surface area contributed by atoms with E-state index in [1.807, 2.05) is 0 Å². The lowest BCUT2D eigenvalue weighted by molar-refractivity contribution is -0.193. The molecule has 0 heterocycles. The lowest BCUT2D eigenvalue weighted by Crippen LogP contribution is -2.49. The van der Waals surface area contributed by atoms with E-state index >= 15 is 0 Å². The predicted molar refractivity (Wildman–Crippen MR) is 102 cm³/mol. The number of carbonyl (C=O) groups is 1. The third kappa shape index (κ3) is 4.13. The van der Waals surface area contributed by atoms with Crippen molar-refractivity contribution in [3.05, 3.63) is 77.3 Å². The van der Waals surface area contributed by atoms with E-state index in [1.165, 1.54) is 12.2 Å². The second kappa shape index (κ2) is 8.05. The van der Waals surface area contributed by atoms with Crippen LogP contribution in [0.5, 0.6) is 0 Å². The van der Waals surface area contributed by atoms with Crippen LogP contribution in [0.1, 0.15) is 12.0 Å². The van der Waals surface area contributed by atoms with E-state index in [9.17, 15) is 18.1 Å². The van der Waals surface area contributed by atoms with Crippen LogP contribution in [0.15, 0.2) is 66.7 Å². The second-order valence-electron chi connectivity index (χ2n) is 6.31.